The molecule has 17 heavy (non-hydrogen) atoms. The van der Waals surface area contributed by atoms with E-state index in [2.05, 4.69) is 12.6 Å². The zero-order valence-corrected chi connectivity index (χ0v) is 11.6. The number of hydrogen-bond donors (Lipinski definition) is 1. The van der Waals surface area contributed by atoms with E-state index in [1.165, 1.54) is 0 Å². The van der Waals surface area contributed by atoms with Crippen LogP contribution in [0.25, 0.3) is 0 Å². The predicted octanol–water partition coefficient (Wildman–Crippen LogP) is 3.27. The zero-order chi connectivity index (χ0) is 12.4. The fourth-order valence-corrected chi connectivity index (χ4v) is 2.55. The molecule has 2 nitrogen and oxygen atoms in total. The topological polar surface area (TPSA) is 20.3 Å². The molecule has 1 aromatic carbocycles. The molecule has 0 bridgehead atoms. The summed E-state index contributed by atoms with van der Waals surface area (Å²) in [5.41, 5.74) is 1.01. The van der Waals surface area contributed by atoms with Gasteiger partial charge >= 0.3 is 0 Å². The third kappa shape index (κ3) is 3.09. The number of thiol groups is 1. The van der Waals surface area contributed by atoms with Crippen molar-refractivity contribution in [2.45, 2.75) is 13.0 Å². The van der Waals surface area contributed by atoms with Crippen LogP contribution in [0.3, 0.4) is 0 Å². The molecular weight excluding hydrogens is 277 g/mol. The highest BCUT2D eigenvalue weighted by Gasteiger charge is 2.28. The summed E-state index contributed by atoms with van der Waals surface area (Å²) in [7, 11) is 0. The largest absolute Gasteiger partial charge is 0.338 e. The molecule has 5 heteroatoms. The Balaban J connectivity index is 2.06. The van der Waals surface area contributed by atoms with Crippen LogP contribution in [-0.2, 0) is 11.3 Å². The molecule has 0 N–H and O–H groups in total. The van der Waals surface area contributed by atoms with Crippen LogP contribution in [0.1, 0.15) is 12.0 Å². The monoisotopic (exact) mass is 289 g/mol. The number of amides is 1. The first kappa shape index (κ1) is 13.1. The molecule has 0 aliphatic carbocycles. The lowest BCUT2D eigenvalue weighted by molar-refractivity contribution is -0.128. The molecule has 0 radical (unpaired) electrons. The molecule has 1 aliphatic heterocycles. The molecule has 1 heterocycles. The van der Waals surface area contributed by atoms with Gasteiger partial charge in [0.15, 0.2) is 0 Å². The molecule has 1 amide bonds. The highest BCUT2D eigenvalue weighted by molar-refractivity contribution is 7.80. The van der Waals surface area contributed by atoms with E-state index in [-0.39, 0.29) is 5.91 Å². The minimum absolute atomic E-state index is 0.190. The second-order valence-corrected chi connectivity index (χ2v) is 5.45. The average molecular weight is 290 g/mol. The summed E-state index contributed by atoms with van der Waals surface area (Å²) in [6.45, 7) is 1.38. The number of likely N-dealkylation sites (tertiary alicyclic amines) is 1. The Morgan fingerprint density at radius 1 is 1.35 bits per heavy atom. The molecule has 0 aromatic heterocycles. The molecule has 1 aliphatic rings. The number of hydrogen-bond acceptors (Lipinski definition) is 2. The van der Waals surface area contributed by atoms with Gasteiger partial charge in [-0.05, 0) is 29.4 Å². The van der Waals surface area contributed by atoms with Crippen LogP contribution in [-0.4, -0.2) is 23.1 Å². The number of halogens is 2. The highest BCUT2D eigenvalue weighted by atomic mass is 35.5. The Labute approximate surface area is 116 Å². The summed E-state index contributed by atoms with van der Waals surface area (Å²) in [5, 5.41) is 1.07. The number of carbonyl (C=O) groups excluding carboxylic acids is 1. The fraction of sp³-hybridized carbons (Fsp3) is 0.417. The summed E-state index contributed by atoms with van der Waals surface area (Å²) in [5.74, 6) is 1.31. The maximum atomic E-state index is 11.7. The first-order valence-electron chi connectivity index (χ1n) is 5.42. The second-order valence-electron chi connectivity index (χ2n) is 4.28. The Hall–Kier alpha value is -0.380. The molecule has 1 aromatic rings. The van der Waals surface area contributed by atoms with E-state index < -0.39 is 0 Å². The molecule has 1 saturated heterocycles. The van der Waals surface area contributed by atoms with Crippen LogP contribution in [0.2, 0.25) is 10.0 Å². The number of benzene rings is 1. The number of nitrogens with zero attached hydrogens (tertiary/aromatic N) is 1. The van der Waals surface area contributed by atoms with Gasteiger partial charge in [-0.1, -0.05) is 29.3 Å². The highest BCUT2D eigenvalue weighted by Crippen LogP contribution is 2.25. The van der Waals surface area contributed by atoms with Crippen molar-refractivity contribution in [3.63, 3.8) is 0 Å². The second kappa shape index (κ2) is 5.51. The van der Waals surface area contributed by atoms with Crippen LogP contribution >= 0.6 is 35.8 Å². The Morgan fingerprint density at radius 3 is 2.71 bits per heavy atom. The van der Waals surface area contributed by atoms with Gasteiger partial charge in [0.1, 0.15) is 0 Å². The van der Waals surface area contributed by atoms with Gasteiger partial charge in [-0.25, -0.2) is 0 Å². The third-order valence-corrected chi connectivity index (χ3v) is 4.17. The first-order chi connectivity index (χ1) is 8.10. The van der Waals surface area contributed by atoms with Gasteiger partial charge in [-0.3, -0.25) is 4.79 Å². The van der Waals surface area contributed by atoms with E-state index in [0.29, 0.717) is 28.9 Å². The standard InChI is InChI=1S/C12H13Cl2NOS/c13-10-2-1-8(3-11(10)14)5-15-6-9(7-17)4-12(15)16/h1-3,9,17H,4-7H2. The maximum absolute atomic E-state index is 11.7. The van der Waals surface area contributed by atoms with Crippen LogP contribution in [0.5, 0.6) is 0 Å². The summed E-state index contributed by atoms with van der Waals surface area (Å²) in [6, 6.07) is 5.47. The van der Waals surface area contributed by atoms with Gasteiger partial charge < -0.3 is 4.90 Å². The van der Waals surface area contributed by atoms with Gasteiger partial charge in [0, 0.05) is 19.5 Å². The van der Waals surface area contributed by atoms with E-state index >= 15 is 0 Å². The molecule has 2 rings (SSSR count). The molecular formula is C12H13Cl2NOS. The normalized spacial score (nSPS) is 20.1. The maximum Gasteiger partial charge on any atom is 0.223 e. The summed E-state index contributed by atoms with van der Waals surface area (Å²) >= 11 is 16.0. The van der Waals surface area contributed by atoms with Crippen molar-refractivity contribution in [1.29, 1.82) is 0 Å². The van der Waals surface area contributed by atoms with Gasteiger partial charge in [-0.15, -0.1) is 0 Å². The van der Waals surface area contributed by atoms with Gasteiger partial charge in [0.05, 0.1) is 10.0 Å². The molecule has 1 fully saturated rings. The Bertz CT molecular complexity index is 439. The molecule has 1 atom stereocenters. The fourth-order valence-electron chi connectivity index (χ4n) is 1.99. The lowest BCUT2D eigenvalue weighted by atomic mass is 10.1. The molecule has 1 unspecified atom stereocenters. The van der Waals surface area contributed by atoms with Crippen molar-refractivity contribution < 1.29 is 4.79 Å². The average Bonchev–Trinajstić information content (AvgIpc) is 2.65. The Morgan fingerprint density at radius 2 is 2.12 bits per heavy atom. The van der Waals surface area contributed by atoms with E-state index in [9.17, 15) is 4.79 Å². The minimum atomic E-state index is 0.190. The van der Waals surface area contributed by atoms with Gasteiger partial charge in [0.2, 0.25) is 5.91 Å². The van der Waals surface area contributed by atoms with E-state index in [1.54, 1.807) is 6.07 Å². The van der Waals surface area contributed by atoms with Crippen molar-refractivity contribution in [1.82, 2.24) is 4.90 Å². The van der Waals surface area contributed by atoms with Crippen molar-refractivity contribution >= 4 is 41.7 Å². The minimum Gasteiger partial charge on any atom is -0.338 e. The molecule has 0 saturated carbocycles. The SMILES string of the molecule is O=C1CC(CS)CN1Cc1ccc(Cl)c(Cl)c1. The number of rotatable bonds is 3. The smallest absolute Gasteiger partial charge is 0.223 e. The first-order valence-corrected chi connectivity index (χ1v) is 6.81. The van der Waals surface area contributed by atoms with E-state index in [1.807, 2.05) is 17.0 Å². The van der Waals surface area contributed by atoms with Crippen molar-refractivity contribution in [3.8, 4) is 0 Å². The third-order valence-electron chi connectivity index (χ3n) is 2.91. The van der Waals surface area contributed by atoms with Crippen LogP contribution in [0.4, 0.5) is 0 Å². The van der Waals surface area contributed by atoms with Gasteiger partial charge in [0.25, 0.3) is 0 Å². The predicted molar refractivity (Wildman–Crippen MR) is 73.8 cm³/mol. The van der Waals surface area contributed by atoms with Crippen LogP contribution in [0, 0.1) is 5.92 Å². The molecule has 92 valence electrons. The summed E-state index contributed by atoms with van der Waals surface area (Å²) in [4.78, 5) is 13.6. The van der Waals surface area contributed by atoms with Gasteiger partial charge in [-0.2, -0.15) is 12.6 Å². The van der Waals surface area contributed by atoms with Crippen LogP contribution < -0.4 is 0 Å². The van der Waals surface area contributed by atoms with Crippen molar-refractivity contribution in [2.24, 2.45) is 5.92 Å². The van der Waals surface area contributed by atoms with Crippen molar-refractivity contribution in [2.75, 3.05) is 12.3 Å². The Kier molecular flexibility index (Phi) is 4.23. The summed E-state index contributed by atoms with van der Waals surface area (Å²) in [6.07, 6.45) is 0.602. The van der Waals surface area contributed by atoms with E-state index in [0.717, 1.165) is 17.9 Å². The zero-order valence-electron chi connectivity index (χ0n) is 9.20. The molecule has 0 spiro atoms. The quantitative estimate of drug-likeness (QED) is 0.847. The summed E-state index contributed by atoms with van der Waals surface area (Å²) < 4.78 is 0. The lowest BCUT2D eigenvalue weighted by Gasteiger charge is -2.16. The lowest BCUT2D eigenvalue weighted by Crippen LogP contribution is -2.24. The van der Waals surface area contributed by atoms with Crippen LogP contribution in [0.15, 0.2) is 18.2 Å². The number of carbonyl (C=O) groups is 1. The van der Waals surface area contributed by atoms with E-state index in [4.69, 9.17) is 23.2 Å². The van der Waals surface area contributed by atoms with Crippen molar-refractivity contribution in [3.05, 3.63) is 33.8 Å².